The van der Waals surface area contributed by atoms with Gasteiger partial charge in [-0.3, -0.25) is 4.79 Å². The largest absolute Gasteiger partial charge is 0.496 e. The molecule has 1 amide bonds. The third kappa shape index (κ3) is 2.56. The normalized spacial score (nSPS) is 10.7. The average molecular weight is 261 g/mol. The lowest BCUT2D eigenvalue weighted by Crippen LogP contribution is -2.27. The molecule has 0 spiro atoms. The predicted octanol–water partition coefficient (Wildman–Crippen LogP) is 1.27. The molecule has 0 aliphatic carbocycles. The first kappa shape index (κ1) is 13.4. The van der Waals surface area contributed by atoms with E-state index >= 15 is 0 Å². The summed E-state index contributed by atoms with van der Waals surface area (Å²) in [7, 11) is 3.50. The highest BCUT2D eigenvalue weighted by Gasteiger charge is 2.14. The van der Waals surface area contributed by atoms with Crippen molar-refractivity contribution in [3.8, 4) is 5.75 Å². The first-order valence-corrected chi connectivity index (χ1v) is 6.29. The molecule has 1 aromatic carbocycles. The molecule has 0 unspecified atom stereocenters. The SMILES string of the molecule is COc1cccc2c1cc(C(=O)NCCCN)n2C. The Morgan fingerprint density at radius 3 is 2.95 bits per heavy atom. The number of nitrogens with one attached hydrogen (secondary N) is 1. The number of methoxy groups -OCH3 is 1. The van der Waals surface area contributed by atoms with Crippen LogP contribution in [0.2, 0.25) is 0 Å². The Morgan fingerprint density at radius 2 is 2.26 bits per heavy atom. The second-order valence-corrected chi connectivity index (χ2v) is 4.38. The van der Waals surface area contributed by atoms with Gasteiger partial charge in [-0.2, -0.15) is 0 Å². The number of rotatable bonds is 5. The number of fused-ring (bicyclic) bond motifs is 1. The van der Waals surface area contributed by atoms with Crippen LogP contribution in [0.3, 0.4) is 0 Å². The van der Waals surface area contributed by atoms with Crippen LogP contribution in [0.15, 0.2) is 24.3 Å². The van der Waals surface area contributed by atoms with Crippen LogP contribution >= 0.6 is 0 Å². The zero-order valence-electron chi connectivity index (χ0n) is 11.3. The molecule has 0 bridgehead atoms. The van der Waals surface area contributed by atoms with Crippen molar-refractivity contribution in [2.24, 2.45) is 12.8 Å². The number of aromatic nitrogens is 1. The van der Waals surface area contributed by atoms with Crippen molar-refractivity contribution in [1.82, 2.24) is 9.88 Å². The summed E-state index contributed by atoms with van der Waals surface area (Å²) in [6, 6.07) is 7.62. The molecule has 5 heteroatoms. The molecule has 19 heavy (non-hydrogen) atoms. The fourth-order valence-electron chi connectivity index (χ4n) is 2.12. The van der Waals surface area contributed by atoms with Crippen LogP contribution in [0.1, 0.15) is 16.9 Å². The van der Waals surface area contributed by atoms with E-state index in [2.05, 4.69) is 5.32 Å². The lowest BCUT2D eigenvalue weighted by molar-refractivity contribution is 0.0946. The van der Waals surface area contributed by atoms with Gasteiger partial charge in [0.25, 0.3) is 5.91 Å². The highest BCUT2D eigenvalue weighted by molar-refractivity contribution is 6.00. The minimum Gasteiger partial charge on any atom is -0.496 e. The highest BCUT2D eigenvalue weighted by Crippen LogP contribution is 2.27. The van der Waals surface area contributed by atoms with E-state index in [-0.39, 0.29) is 5.91 Å². The fourth-order valence-corrected chi connectivity index (χ4v) is 2.12. The molecule has 2 aromatic rings. The maximum absolute atomic E-state index is 12.1. The number of nitrogens with zero attached hydrogens (tertiary/aromatic N) is 1. The Bertz CT molecular complexity index is 590. The number of amides is 1. The van der Waals surface area contributed by atoms with Crippen molar-refractivity contribution >= 4 is 16.8 Å². The van der Waals surface area contributed by atoms with E-state index in [0.717, 1.165) is 23.1 Å². The van der Waals surface area contributed by atoms with Gasteiger partial charge >= 0.3 is 0 Å². The van der Waals surface area contributed by atoms with E-state index in [1.54, 1.807) is 7.11 Å². The Kier molecular flexibility index (Phi) is 4.06. The zero-order chi connectivity index (χ0) is 13.8. The summed E-state index contributed by atoms with van der Waals surface area (Å²) >= 11 is 0. The van der Waals surface area contributed by atoms with Crippen molar-refractivity contribution in [2.75, 3.05) is 20.2 Å². The molecule has 0 atom stereocenters. The van der Waals surface area contributed by atoms with Crippen LogP contribution in [0.25, 0.3) is 10.9 Å². The fraction of sp³-hybridized carbons (Fsp3) is 0.357. The van der Waals surface area contributed by atoms with E-state index in [1.165, 1.54) is 0 Å². The molecule has 2 rings (SSSR count). The van der Waals surface area contributed by atoms with Gasteiger partial charge < -0.3 is 20.4 Å². The molecular weight excluding hydrogens is 242 g/mol. The lowest BCUT2D eigenvalue weighted by Gasteiger charge is -2.05. The standard InChI is InChI=1S/C14H19N3O2/c1-17-11-5-3-6-13(19-2)10(11)9-12(17)14(18)16-8-4-7-15/h3,5-6,9H,4,7-8,15H2,1-2H3,(H,16,18). The van der Waals surface area contributed by atoms with Crippen LogP contribution in [-0.2, 0) is 7.05 Å². The summed E-state index contributed by atoms with van der Waals surface area (Å²) in [5, 5.41) is 3.80. The molecule has 3 N–H and O–H groups in total. The maximum Gasteiger partial charge on any atom is 0.267 e. The van der Waals surface area contributed by atoms with Crippen LogP contribution in [-0.4, -0.2) is 30.7 Å². The Balaban J connectivity index is 2.34. The lowest BCUT2D eigenvalue weighted by atomic mass is 10.2. The van der Waals surface area contributed by atoms with E-state index in [0.29, 0.717) is 18.8 Å². The number of hydrogen-bond donors (Lipinski definition) is 2. The molecule has 0 saturated carbocycles. The summed E-state index contributed by atoms with van der Waals surface area (Å²) in [5.41, 5.74) is 7.01. The molecule has 0 aliphatic heterocycles. The third-order valence-corrected chi connectivity index (χ3v) is 3.17. The van der Waals surface area contributed by atoms with E-state index in [9.17, 15) is 4.79 Å². The number of aryl methyl sites for hydroxylation is 1. The Labute approximate surface area is 112 Å². The summed E-state index contributed by atoms with van der Waals surface area (Å²) in [5.74, 6) is 0.684. The first-order chi connectivity index (χ1) is 9.19. The first-order valence-electron chi connectivity index (χ1n) is 6.29. The number of benzene rings is 1. The highest BCUT2D eigenvalue weighted by atomic mass is 16.5. The molecule has 1 aromatic heterocycles. The van der Waals surface area contributed by atoms with Crippen molar-refractivity contribution in [3.63, 3.8) is 0 Å². The molecule has 0 radical (unpaired) electrons. The molecule has 0 saturated heterocycles. The van der Waals surface area contributed by atoms with Gasteiger partial charge in [-0.15, -0.1) is 0 Å². The van der Waals surface area contributed by atoms with Crippen LogP contribution < -0.4 is 15.8 Å². The third-order valence-electron chi connectivity index (χ3n) is 3.17. The van der Waals surface area contributed by atoms with Gasteiger partial charge in [0.05, 0.1) is 12.6 Å². The van der Waals surface area contributed by atoms with Gasteiger partial charge in [-0.25, -0.2) is 0 Å². The second kappa shape index (κ2) is 5.75. The van der Waals surface area contributed by atoms with E-state index < -0.39 is 0 Å². The molecular formula is C14H19N3O2. The molecule has 0 fully saturated rings. The predicted molar refractivity (Wildman–Crippen MR) is 75.5 cm³/mol. The van der Waals surface area contributed by atoms with Gasteiger partial charge in [0.15, 0.2) is 0 Å². The Hall–Kier alpha value is -2.01. The van der Waals surface area contributed by atoms with E-state index in [1.807, 2.05) is 35.9 Å². The number of hydrogen-bond acceptors (Lipinski definition) is 3. The number of carbonyl (C=O) groups excluding carboxylic acids is 1. The van der Waals surface area contributed by atoms with Crippen LogP contribution in [0.4, 0.5) is 0 Å². The van der Waals surface area contributed by atoms with Gasteiger partial charge in [-0.05, 0) is 31.2 Å². The van der Waals surface area contributed by atoms with Gasteiger partial charge in [0.2, 0.25) is 0 Å². The monoisotopic (exact) mass is 261 g/mol. The quantitative estimate of drug-likeness (QED) is 0.796. The van der Waals surface area contributed by atoms with Gasteiger partial charge in [-0.1, -0.05) is 6.07 Å². The second-order valence-electron chi connectivity index (χ2n) is 4.38. The van der Waals surface area contributed by atoms with Gasteiger partial charge in [0, 0.05) is 19.0 Å². The summed E-state index contributed by atoms with van der Waals surface area (Å²) in [4.78, 5) is 12.1. The molecule has 0 aliphatic rings. The number of ether oxygens (including phenoxy) is 1. The van der Waals surface area contributed by atoms with Crippen molar-refractivity contribution in [1.29, 1.82) is 0 Å². The number of carbonyl (C=O) groups is 1. The average Bonchev–Trinajstić information content (AvgIpc) is 2.76. The molecule has 102 valence electrons. The number of nitrogens with two attached hydrogens (primary N) is 1. The van der Waals surface area contributed by atoms with Crippen molar-refractivity contribution in [2.45, 2.75) is 6.42 Å². The Morgan fingerprint density at radius 1 is 1.47 bits per heavy atom. The summed E-state index contributed by atoms with van der Waals surface area (Å²) in [6.07, 6.45) is 0.777. The minimum atomic E-state index is -0.0887. The molecule has 1 heterocycles. The zero-order valence-corrected chi connectivity index (χ0v) is 11.3. The smallest absolute Gasteiger partial charge is 0.267 e. The maximum atomic E-state index is 12.1. The van der Waals surface area contributed by atoms with Crippen LogP contribution in [0.5, 0.6) is 5.75 Å². The summed E-state index contributed by atoms with van der Waals surface area (Å²) in [6.45, 7) is 1.16. The molecule has 5 nitrogen and oxygen atoms in total. The van der Waals surface area contributed by atoms with Gasteiger partial charge in [0.1, 0.15) is 11.4 Å². The van der Waals surface area contributed by atoms with E-state index in [4.69, 9.17) is 10.5 Å². The van der Waals surface area contributed by atoms with Crippen molar-refractivity contribution in [3.05, 3.63) is 30.0 Å². The van der Waals surface area contributed by atoms with Crippen molar-refractivity contribution < 1.29 is 9.53 Å². The summed E-state index contributed by atoms with van der Waals surface area (Å²) < 4.78 is 7.18. The topological polar surface area (TPSA) is 69.3 Å². The minimum absolute atomic E-state index is 0.0887. The van der Waals surface area contributed by atoms with Crippen LogP contribution in [0, 0.1) is 0 Å².